The fourth-order valence-electron chi connectivity index (χ4n) is 3.26. The second-order valence-corrected chi connectivity index (χ2v) is 7.54. The number of fused-ring (bicyclic) bond motifs is 2. The average molecular weight is 440 g/mol. The summed E-state index contributed by atoms with van der Waals surface area (Å²) in [6.07, 6.45) is 2.81. The molecule has 0 spiro atoms. The molecule has 28 heavy (non-hydrogen) atoms. The van der Waals surface area contributed by atoms with E-state index in [-0.39, 0.29) is 0 Å². The molecular formula is C21H18BrN3O3. The Morgan fingerprint density at radius 2 is 2.11 bits per heavy atom. The van der Waals surface area contributed by atoms with Crippen molar-refractivity contribution in [2.24, 2.45) is 0 Å². The Balaban J connectivity index is 1.57. The number of H-pyrrole nitrogens is 1. The highest BCUT2D eigenvalue weighted by atomic mass is 79.9. The van der Waals surface area contributed by atoms with Crippen molar-refractivity contribution in [3.8, 4) is 5.75 Å². The van der Waals surface area contributed by atoms with E-state index in [0.717, 1.165) is 36.9 Å². The van der Waals surface area contributed by atoms with Crippen molar-refractivity contribution < 1.29 is 14.7 Å². The van der Waals surface area contributed by atoms with Crippen LogP contribution in [-0.4, -0.2) is 32.3 Å². The van der Waals surface area contributed by atoms with E-state index in [1.54, 1.807) is 6.07 Å². The van der Waals surface area contributed by atoms with Gasteiger partial charge in [-0.25, -0.2) is 4.79 Å². The van der Waals surface area contributed by atoms with Crippen LogP contribution in [0, 0.1) is 0 Å². The first-order chi connectivity index (χ1) is 13.5. The average Bonchev–Trinajstić information content (AvgIpc) is 3.08. The smallest absolute Gasteiger partial charge is 0.441 e. The SMILES string of the molecule is CC(Cc1c[nH]c2ccccc12)N(Oc1cnc2ccc(Br)cc2c1)C(=O)O. The fraction of sp³-hybridized carbons (Fsp3) is 0.143. The standard InChI is InChI=1S/C21H18BrN3O3/c1-13(8-15-11-23-20-5-3-2-4-18(15)20)25(21(26)27)28-17-10-14-9-16(22)6-7-19(14)24-12-17/h2-7,9-13,23H,8H2,1H3,(H,26,27). The molecule has 0 bridgehead atoms. The molecule has 0 radical (unpaired) electrons. The van der Waals surface area contributed by atoms with Crippen LogP contribution in [0.1, 0.15) is 12.5 Å². The first-order valence-corrected chi connectivity index (χ1v) is 9.61. The van der Waals surface area contributed by atoms with E-state index in [1.165, 1.54) is 6.20 Å². The number of carbonyl (C=O) groups is 1. The second kappa shape index (κ2) is 7.52. The molecule has 1 unspecified atom stereocenters. The summed E-state index contributed by atoms with van der Waals surface area (Å²) in [5.41, 5.74) is 2.87. The van der Waals surface area contributed by atoms with Gasteiger partial charge in [0.05, 0.1) is 17.8 Å². The van der Waals surface area contributed by atoms with Crippen molar-refractivity contribution in [1.29, 1.82) is 0 Å². The number of benzene rings is 2. The minimum Gasteiger partial charge on any atom is -0.463 e. The van der Waals surface area contributed by atoms with Crippen molar-refractivity contribution in [3.63, 3.8) is 0 Å². The summed E-state index contributed by atoms with van der Waals surface area (Å²) in [4.78, 5) is 25.1. The molecule has 0 saturated carbocycles. The third kappa shape index (κ3) is 3.66. The molecule has 2 N–H and O–H groups in total. The fourth-order valence-corrected chi connectivity index (χ4v) is 3.64. The molecule has 1 amide bonds. The van der Waals surface area contributed by atoms with E-state index in [2.05, 4.69) is 25.9 Å². The van der Waals surface area contributed by atoms with Gasteiger partial charge in [-0.15, -0.1) is 5.06 Å². The lowest BCUT2D eigenvalue weighted by Gasteiger charge is -2.25. The van der Waals surface area contributed by atoms with E-state index >= 15 is 0 Å². The number of carboxylic acid groups (broad SMARTS) is 1. The van der Waals surface area contributed by atoms with Gasteiger partial charge in [0.25, 0.3) is 0 Å². The number of hydrogen-bond donors (Lipinski definition) is 2. The van der Waals surface area contributed by atoms with Crippen molar-refractivity contribution in [2.75, 3.05) is 0 Å². The third-order valence-corrected chi connectivity index (χ3v) is 5.09. The maximum absolute atomic E-state index is 11.8. The number of nitrogens with zero attached hydrogens (tertiary/aromatic N) is 2. The van der Waals surface area contributed by atoms with Gasteiger partial charge in [0.15, 0.2) is 5.75 Å². The lowest BCUT2D eigenvalue weighted by molar-refractivity contribution is -0.0635. The number of aromatic nitrogens is 2. The zero-order valence-electron chi connectivity index (χ0n) is 15.1. The van der Waals surface area contributed by atoms with Gasteiger partial charge in [-0.1, -0.05) is 34.1 Å². The van der Waals surface area contributed by atoms with Crippen LogP contribution in [0.5, 0.6) is 5.75 Å². The summed E-state index contributed by atoms with van der Waals surface area (Å²) in [6.45, 7) is 1.82. The largest absolute Gasteiger partial charge is 0.463 e. The molecule has 6 nitrogen and oxygen atoms in total. The monoisotopic (exact) mass is 439 g/mol. The van der Waals surface area contributed by atoms with Crippen LogP contribution in [0.4, 0.5) is 4.79 Å². The van der Waals surface area contributed by atoms with Gasteiger partial charge in [-0.05, 0) is 49.2 Å². The Hall–Kier alpha value is -3.06. The summed E-state index contributed by atoms with van der Waals surface area (Å²) in [5, 5.41) is 12.6. The molecule has 0 fully saturated rings. The summed E-state index contributed by atoms with van der Waals surface area (Å²) >= 11 is 3.43. The van der Waals surface area contributed by atoms with E-state index in [4.69, 9.17) is 4.84 Å². The molecule has 0 aliphatic heterocycles. The molecule has 4 rings (SSSR count). The highest BCUT2D eigenvalue weighted by Gasteiger charge is 2.23. The zero-order valence-corrected chi connectivity index (χ0v) is 16.7. The molecule has 2 heterocycles. The number of hydrogen-bond acceptors (Lipinski definition) is 3. The number of hydroxylamine groups is 2. The van der Waals surface area contributed by atoms with Crippen molar-refractivity contribution in [1.82, 2.24) is 15.0 Å². The van der Waals surface area contributed by atoms with Gasteiger partial charge in [0, 0.05) is 27.0 Å². The Bertz CT molecular complexity index is 1160. The lowest BCUT2D eigenvalue weighted by Crippen LogP contribution is -2.41. The summed E-state index contributed by atoms with van der Waals surface area (Å²) in [5.74, 6) is 0.374. The second-order valence-electron chi connectivity index (χ2n) is 6.62. The predicted molar refractivity (Wildman–Crippen MR) is 111 cm³/mol. The van der Waals surface area contributed by atoms with Crippen LogP contribution in [0.25, 0.3) is 21.8 Å². The van der Waals surface area contributed by atoms with Crippen LogP contribution in [0.2, 0.25) is 0 Å². The van der Waals surface area contributed by atoms with Crippen molar-refractivity contribution in [3.05, 3.63) is 71.0 Å². The van der Waals surface area contributed by atoms with E-state index in [1.807, 2.05) is 55.6 Å². The third-order valence-electron chi connectivity index (χ3n) is 4.60. The summed E-state index contributed by atoms with van der Waals surface area (Å²) in [6, 6.07) is 15.0. The molecule has 7 heteroatoms. The predicted octanol–water partition coefficient (Wildman–Crippen LogP) is 5.38. The highest BCUT2D eigenvalue weighted by molar-refractivity contribution is 9.10. The first-order valence-electron chi connectivity index (χ1n) is 8.81. The maximum Gasteiger partial charge on any atom is 0.441 e. The molecule has 2 aromatic carbocycles. The number of halogens is 1. The summed E-state index contributed by atoms with van der Waals surface area (Å²) in [7, 11) is 0. The number of amides is 1. The molecule has 0 aliphatic carbocycles. The van der Waals surface area contributed by atoms with Gasteiger partial charge in [0.1, 0.15) is 0 Å². The zero-order chi connectivity index (χ0) is 19.7. The van der Waals surface area contributed by atoms with Gasteiger partial charge < -0.3 is 14.9 Å². The minimum absolute atomic E-state index is 0.374. The maximum atomic E-state index is 11.8. The molecule has 4 aromatic rings. The molecular weight excluding hydrogens is 422 g/mol. The number of nitrogens with one attached hydrogen (secondary N) is 1. The number of aromatic amines is 1. The van der Waals surface area contributed by atoms with Gasteiger partial charge in [-0.3, -0.25) is 4.98 Å². The number of rotatable bonds is 5. The highest BCUT2D eigenvalue weighted by Crippen LogP contribution is 2.24. The van der Waals surface area contributed by atoms with E-state index < -0.39 is 12.1 Å². The normalized spacial score (nSPS) is 12.2. The van der Waals surface area contributed by atoms with Crippen LogP contribution < -0.4 is 4.84 Å². The Morgan fingerprint density at radius 3 is 2.93 bits per heavy atom. The van der Waals surface area contributed by atoms with Crippen LogP contribution >= 0.6 is 15.9 Å². The Morgan fingerprint density at radius 1 is 1.29 bits per heavy atom. The van der Waals surface area contributed by atoms with Gasteiger partial charge in [0.2, 0.25) is 0 Å². The topological polar surface area (TPSA) is 78.5 Å². The van der Waals surface area contributed by atoms with E-state index in [0.29, 0.717) is 12.2 Å². The van der Waals surface area contributed by atoms with Crippen LogP contribution in [-0.2, 0) is 6.42 Å². The molecule has 2 aromatic heterocycles. The molecule has 0 saturated heterocycles. The van der Waals surface area contributed by atoms with Crippen molar-refractivity contribution >= 4 is 43.8 Å². The van der Waals surface area contributed by atoms with E-state index in [9.17, 15) is 9.90 Å². The molecule has 0 aliphatic rings. The summed E-state index contributed by atoms with van der Waals surface area (Å²) < 4.78 is 0.918. The quantitative estimate of drug-likeness (QED) is 0.409. The Kier molecular flexibility index (Phi) is 4.92. The van der Waals surface area contributed by atoms with Crippen LogP contribution in [0.3, 0.4) is 0 Å². The molecule has 142 valence electrons. The Labute approximate surface area is 169 Å². The van der Waals surface area contributed by atoms with Gasteiger partial charge >= 0.3 is 6.09 Å². The minimum atomic E-state index is -1.15. The van der Waals surface area contributed by atoms with Gasteiger partial charge in [-0.2, -0.15) is 0 Å². The van der Waals surface area contributed by atoms with Crippen molar-refractivity contribution in [2.45, 2.75) is 19.4 Å². The van der Waals surface area contributed by atoms with Crippen LogP contribution in [0.15, 0.2) is 65.4 Å². The lowest BCUT2D eigenvalue weighted by atomic mass is 10.1. The number of para-hydroxylation sites is 1. The first kappa shape index (κ1) is 18.3. The molecule has 1 atom stereocenters. The number of pyridine rings is 1.